The van der Waals surface area contributed by atoms with Crippen molar-refractivity contribution in [1.29, 1.82) is 0 Å². The van der Waals surface area contributed by atoms with E-state index in [2.05, 4.69) is 46.9 Å². The lowest BCUT2D eigenvalue weighted by Gasteiger charge is -2.32. The van der Waals surface area contributed by atoms with Gasteiger partial charge in [0.25, 0.3) is 0 Å². The van der Waals surface area contributed by atoms with Crippen LogP contribution in [-0.4, -0.2) is 35.0 Å². The van der Waals surface area contributed by atoms with Crippen LogP contribution in [0.3, 0.4) is 0 Å². The van der Waals surface area contributed by atoms with E-state index in [0.717, 1.165) is 38.0 Å². The van der Waals surface area contributed by atoms with E-state index in [9.17, 15) is 4.79 Å². The smallest absolute Gasteiger partial charge is 0.315 e. The van der Waals surface area contributed by atoms with Gasteiger partial charge in [-0.15, -0.1) is 0 Å². The molecule has 1 saturated heterocycles. The predicted octanol–water partition coefficient (Wildman–Crippen LogP) is 2.80. The van der Waals surface area contributed by atoms with Gasteiger partial charge >= 0.3 is 6.03 Å². The van der Waals surface area contributed by atoms with Gasteiger partial charge in [-0.1, -0.05) is 29.8 Å². The second-order valence-electron chi connectivity index (χ2n) is 6.47. The number of hydrogen-bond acceptors (Lipinski definition) is 3. The predicted molar refractivity (Wildman–Crippen MR) is 96.3 cm³/mol. The molecule has 2 atom stereocenters. The third kappa shape index (κ3) is 5.06. The largest absolute Gasteiger partial charge is 0.371 e. The lowest BCUT2D eigenvalue weighted by molar-refractivity contribution is -0.00742. The molecule has 1 aromatic carbocycles. The maximum atomic E-state index is 12.2. The number of benzene rings is 1. The maximum Gasteiger partial charge on any atom is 0.315 e. The number of nitrogens with zero attached hydrogens (tertiary/aromatic N) is 2. The molecule has 0 unspecified atom stereocenters. The number of aryl methyl sites for hydroxylation is 2. The number of hydrogen-bond donors (Lipinski definition) is 2. The standard InChI is InChI=1S/C19H26N4O2/c1-15-6-8-16(9-7-15)18-17(5-2-14-25-18)22-19(24)20-10-3-12-23-13-4-11-21-23/h4,6-9,11,13,17-18H,2-3,5,10,12,14H2,1H3,(H2,20,22,24)/t17-,18+/m1/s1. The lowest BCUT2D eigenvalue weighted by Crippen LogP contribution is -2.47. The number of carbonyl (C=O) groups is 1. The average Bonchev–Trinajstić information content (AvgIpc) is 3.14. The number of amides is 2. The lowest BCUT2D eigenvalue weighted by atomic mass is 9.95. The second kappa shape index (κ2) is 8.67. The second-order valence-corrected chi connectivity index (χ2v) is 6.47. The van der Waals surface area contributed by atoms with Gasteiger partial charge in [-0.25, -0.2) is 4.79 Å². The summed E-state index contributed by atoms with van der Waals surface area (Å²) in [6.45, 7) is 4.22. The highest BCUT2D eigenvalue weighted by Gasteiger charge is 2.28. The van der Waals surface area contributed by atoms with Crippen molar-refractivity contribution in [2.45, 2.75) is 44.9 Å². The summed E-state index contributed by atoms with van der Waals surface area (Å²) in [5.74, 6) is 0. The van der Waals surface area contributed by atoms with E-state index in [-0.39, 0.29) is 18.2 Å². The van der Waals surface area contributed by atoms with E-state index in [0.29, 0.717) is 6.54 Å². The van der Waals surface area contributed by atoms with Crippen molar-refractivity contribution >= 4 is 6.03 Å². The van der Waals surface area contributed by atoms with Gasteiger partial charge in [0, 0.05) is 32.1 Å². The Hall–Kier alpha value is -2.34. The fraction of sp³-hybridized carbons (Fsp3) is 0.474. The van der Waals surface area contributed by atoms with Crippen molar-refractivity contribution in [3.05, 3.63) is 53.9 Å². The summed E-state index contributed by atoms with van der Waals surface area (Å²) in [6, 6.07) is 10.1. The molecule has 6 heteroatoms. The van der Waals surface area contributed by atoms with Crippen molar-refractivity contribution in [3.8, 4) is 0 Å². The van der Waals surface area contributed by atoms with Gasteiger partial charge in [0.2, 0.25) is 0 Å². The van der Waals surface area contributed by atoms with Crippen LogP contribution in [0.5, 0.6) is 0 Å². The van der Waals surface area contributed by atoms with Crippen molar-refractivity contribution < 1.29 is 9.53 Å². The molecule has 2 heterocycles. The summed E-state index contributed by atoms with van der Waals surface area (Å²) < 4.78 is 7.80. The molecule has 1 aliphatic rings. The maximum absolute atomic E-state index is 12.2. The third-order valence-electron chi connectivity index (χ3n) is 4.45. The molecule has 1 aromatic heterocycles. The first-order valence-electron chi connectivity index (χ1n) is 8.92. The van der Waals surface area contributed by atoms with Crippen molar-refractivity contribution in [2.75, 3.05) is 13.2 Å². The summed E-state index contributed by atoms with van der Waals surface area (Å²) in [4.78, 5) is 12.2. The van der Waals surface area contributed by atoms with E-state index in [1.54, 1.807) is 6.20 Å². The van der Waals surface area contributed by atoms with Gasteiger partial charge in [0.15, 0.2) is 0 Å². The van der Waals surface area contributed by atoms with Crippen LogP contribution < -0.4 is 10.6 Å². The Balaban J connectivity index is 1.47. The number of ether oxygens (including phenoxy) is 1. The van der Waals surface area contributed by atoms with Crippen LogP contribution >= 0.6 is 0 Å². The molecular formula is C19H26N4O2. The molecule has 6 nitrogen and oxygen atoms in total. The molecule has 0 aliphatic carbocycles. The van der Waals surface area contributed by atoms with E-state index in [1.807, 2.05) is 16.9 Å². The molecule has 1 fully saturated rings. The minimum absolute atomic E-state index is 0.00238. The summed E-state index contributed by atoms with van der Waals surface area (Å²) in [5, 5.41) is 10.2. The zero-order valence-electron chi connectivity index (χ0n) is 14.6. The first kappa shape index (κ1) is 17.5. The number of urea groups is 1. The Labute approximate surface area is 148 Å². The van der Waals surface area contributed by atoms with Crippen LogP contribution in [0.15, 0.2) is 42.7 Å². The minimum Gasteiger partial charge on any atom is -0.371 e. The summed E-state index contributed by atoms with van der Waals surface area (Å²) in [6.07, 6.45) is 6.34. The van der Waals surface area contributed by atoms with Gasteiger partial charge in [-0.3, -0.25) is 4.68 Å². The molecule has 2 amide bonds. The summed E-state index contributed by atoms with van der Waals surface area (Å²) >= 11 is 0. The van der Waals surface area contributed by atoms with Crippen molar-refractivity contribution in [1.82, 2.24) is 20.4 Å². The number of carbonyl (C=O) groups excluding carboxylic acids is 1. The van der Waals surface area contributed by atoms with Gasteiger partial charge in [-0.05, 0) is 37.8 Å². The quantitative estimate of drug-likeness (QED) is 0.793. The van der Waals surface area contributed by atoms with Crippen LogP contribution in [0.25, 0.3) is 0 Å². The molecule has 134 valence electrons. The highest BCUT2D eigenvalue weighted by atomic mass is 16.5. The first-order valence-corrected chi connectivity index (χ1v) is 8.92. The molecule has 2 aromatic rings. The fourth-order valence-electron chi connectivity index (χ4n) is 3.11. The molecule has 3 rings (SSSR count). The van der Waals surface area contributed by atoms with Gasteiger partial charge in [-0.2, -0.15) is 5.10 Å². The molecule has 0 spiro atoms. The van der Waals surface area contributed by atoms with Crippen molar-refractivity contribution in [2.24, 2.45) is 0 Å². The SMILES string of the molecule is Cc1ccc([C@@H]2OCCC[C@H]2NC(=O)NCCCn2cccn2)cc1. The molecule has 1 aliphatic heterocycles. The Morgan fingerprint density at radius 3 is 2.96 bits per heavy atom. The topological polar surface area (TPSA) is 68.2 Å². The van der Waals surface area contributed by atoms with Gasteiger partial charge < -0.3 is 15.4 Å². The highest BCUT2D eigenvalue weighted by Crippen LogP contribution is 2.28. The fourth-order valence-corrected chi connectivity index (χ4v) is 3.11. The number of aromatic nitrogens is 2. The minimum atomic E-state index is -0.131. The van der Waals surface area contributed by atoms with Gasteiger partial charge in [0.1, 0.15) is 6.10 Å². The normalized spacial score (nSPS) is 20.2. The highest BCUT2D eigenvalue weighted by molar-refractivity contribution is 5.74. The number of rotatable bonds is 6. The van der Waals surface area contributed by atoms with Crippen LogP contribution in [-0.2, 0) is 11.3 Å². The van der Waals surface area contributed by atoms with Crippen LogP contribution in [0.2, 0.25) is 0 Å². The number of nitrogens with one attached hydrogen (secondary N) is 2. The third-order valence-corrected chi connectivity index (χ3v) is 4.45. The van der Waals surface area contributed by atoms with Crippen LogP contribution in [0.1, 0.15) is 36.5 Å². The molecule has 0 radical (unpaired) electrons. The molecule has 25 heavy (non-hydrogen) atoms. The van der Waals surface area contributed by atoms with E-state index in [1.165, 1.54) is 5.56 Å². The molecular weight excluding hydrogens is 316 g/mol. The Kier molecular flexibility index (Phi) is 6.06. The molecule has 0 bridgehead atoms. The Morgan fingerprint density at radius 2 is 2.20 bits per heavy atom. The Bertz CT molecular complexity index is 655. The zero-order valence-corrected chi connectivity index (χ0v) is 14.6. The first-order chi connectivity index (χ1) is 12.2. The van der Waals surface area contributed by atoms with Crippen LogP contribution in [0.4, 0.5) is 4.79 Å². The average molecular weight is 342 g/mol. The van der Waals surface area contributed by atoms with E-state index in [4.69, 9.17) is 4.74 Å². The van der Waals surface area contributed by atoms with E-state index < -0.39 is 0 Å². The zero-order chi connectivity index (χ0) is 17.5. The monoisotopic (exact) mass is 342 g/mol. The summed E-state index contributed by atoms with van der Waals surface area (Å²) in [7, 11) is 0. The summed E-state index contributed by atoms with van der Waals surface area (Å²) in [5.41, 5.74) is 2.34. The molecule has 0 saturated carbocycles. The van der Waals surface area contributed by atoms with Crippen molar-refractivity contribution in [3.63, 3.8) is 0 Å². The van der Waals surface area contributed by atoms with Crippen LogP contribution in [0, 0.1) is 6.92 Å². The van der Waals surface area contributed by atoms with Gasteiger partial charge in [0.05, 0.1) is 6.04 Å². The molecule has 2 N–H and O–H groups in total. The van der Waals surface area contributed by atoms with E-state index >= 15 is 0 Å². The Morgan fingerprint density at radius 1 is 1.36 bits per heavy atom.